The fourth-order valence-corrected chi connectivity index (χ4v) is 4.87. The van der Waals surface area contributed by atoms with Crippen molar-refractivity contribution in [3.63, 3.8) is 0 Å². The molecule has 0 aliphatic carbocycles. The summed E-state index contributed by atoms with van der Waals surface area (Å²) in [5.74, 6) is 0.545. The number of hydrogen-bond acceptors (Lipinski definition) is 7. The van der Waals surface area contributed by atoms with Gasteiger partial charge in [0.25, 0.3) is 0 Å². The van der Waals surface area contributed by atoms with E-state index in [1.165, 1.54) is 0 Å². The van der Waals surface area contributed by atoms with Crippen LogP contribution in [0.2, 0.25) is 5.02 Å². The molecule has 0 radical (unpaired) electrons. The second kappa shape index (κ2) is 13.1. The molecule has 9 nitrogen and oxygen atoms in total. The van der Waals surface area contributed by atoms with E-state index in [2.05, 4.69) is 17.0 Å². The van der Waals surface area contributed by atoms with Gasteiger partial charge in [-0.3, -0.25) is 0 Å². The zero-order valence-electron chi connectivity index (χ0n) is 25.6. The molecule has 10 heteroatoms. The third kappa shape index (κ3) is 9.08. The van der Waals surface area contributed by atoms with Gasteiger partial charge in [0.2, 0.25) is 0 Å². The van der Waals surface area contributed by atoms with Gasteiger partial charge in [0.1, 0.15) is 17.0 Å². The van der Waals surface area contributed by atoms with Crippen LogP contribution in [0.15, 0.2) is 36.4 Å². The van der Waals surface area contributed by atoms with Gasteiger partial charge < -0.3 is 34.6 Å². The van der Waals surface area contributed by atoms with Crippen molar-refractivity contribution in [2.24, 2.45) is 0 Å². The first-order valence-electron chi connectivity index (χ1n) is 14.0. The summed E-state index contributed by atoms with van der Waals surface area (Å²) in [4.78, 5) is 31.5. The maximum absolute atomic E-state index is 13.3. The first kappa shape index (κ1) is 32.2. The molecule has 1 unspecified atom stereocenters. The van der Waals surface area contributed by atoms with Gasteiger partial charge >= 0.3 is 12.2 Å². The van der Waals surface area contributed by atoms with E-state index in [4.69, 9.17) is 31.5 Å². The van der Waals surface area contributed by atoms with Gasteiger partial charge in [-0.15, -0.1) is 0 Å². The van der Waals surface area contributed by atoms with Crippen LogP contribution < -0.4 is 15.4 Å². The summed E-state index contributed by atoms with van der Waals surface area (Å²) < 4.78 is 16.6. The molecule has 2 aromatic carbocycles. The molecule has 2 N–H and O–H groups in total. The maximum atomic E-state index is 13.3. The van der Waals surface area contributed by atoms with E-state index in [1.807, 2.05) is 66.7 Å². The van der Waals surface area contributed by atoms with Crippen LogP contribution in [0, 0.1) is 0 Å². The molecule has 0 saturated carbocycles. The number of methoxy groups -OCH3 is 1. The fourth-order valence-electron chi connectivity index (χ4n) is 4.60. The minimum absolute atomic E-state index is 0.252. The first-order valence-corrected chi connectivity index (χ1v) is 14.4. The van der Waals surface area contributed by atoms with Crippen LogP contribution in [-0.2, 0) is 15.9 Å². The number of rotatable bonds is 7. The van der Waals surface area contributed by atoms with Gasteiger partial charge in [0.15, 0.2) is 0 Å². The van der Waals surface area contributed by atoms with Crippen molar-refractivity contribution in [2.45, 2.75) is 72.1 Å². The largest absolute Gasteiger partial charge is 0.495 e. The lowest BCUT2D eigenvalue weighted by atomic mass is 10.0. The molecular formula is C31H45ClN4O5. The van der Waals surface area contributed by atoms with Crippen LogP contribution >= 0.6 is 11.6 Å². The SMILES string of the molecule is COc1cc(CCN(C(=O)OC(C)(C)C)C(C)c2ccc(N3CCN(C(=O)OC(C)(C)C)CC3)cc2)c(Cl)cc1N. The molecule has 226 valence electrons. The molecular weight excluding hydrogens is 544 g/mol. The van der Waals surface area contributed by atoms with Crippen LogP contribution in [0.1, 0.15) is 65.6 Å². The average molecular weight is 589 g/mol. The first-order chi connectivity index (χ1) is 19.1. The zero-order chi connectivity index (χ0) is 30.5. The fraction of sp³-hybridized carbons (Fsp3) is 0.548. The van der Waals surface area contributed by atoms with Crippen LogP contribution in [0.5, 0.6) is 5.75 Å². The Kier molecular flexibility index (Phi) is 10.3. The number of nitrogens with zero attached hydrogens (tertiary/aromatic N) is 3. The van der Waals surface area contributed by atoms with Crippen molar-refractivity contribution < 1.29 is 23.8 Å². The van der Waals surface area contributed by atoms with Crippen LogP contribution in [0.4, 0.5) is 21.0 Å². The standard InChI is InChI=1S/C31H45ClN4O5/c1-21(22-9-11-24(12-10-22)34-15-17-35(18-16-34)28(37)40-30(2,3)4)36(29(38)41-31(5,6)7)14-13-23-19-27(39-8)26(33)20-25(23)32/h9-12,19-21H,13-18,33H2,1-8H3. The predicted molar refractivity (Wildman–Crippen MR) is 164 cm³/mol. The number of benzene rings is 2. The van der Waals surface area contributed by atoms with Gasteiger partial charge in [-0.2, -0.15) is 0 Å². The van der Waals surface area contributed by atoms with Crippen molar-refractivity contribution in [3.8, 4) is 5.75 Å². The molecule has 1 atom stereocenters. The number of hydrogen-bond donors (Lipinski definition) is 1. The Morgan fingerprint density at radius 3 is 2.10 bits per heavy atom. The van der Waals surface area contributed by atoms with Crippen molar-refractivity contribution >= 4 is 35.2 Å². The third-order valence-electron chi connectivity index (χ3n) is 6.79. The summed E-state index contributed by atoms with van der Waals surface area (Å²) >= 11 is 6.47. The highest BCUT2D eigenvalue weighted by Gasteiger charge is 2.28. The lowest BCUT2D eigenvalue weighted by Crippen LogP contribution is -2.50. The Bertz CT molecular complexity index is 1200. The number of ether oxygens (including phenoxy) is 3. The minimum atomic E-state index is -0.636. The van der Waals surface area contributed by atoms with E-state index in [1.54, 1.807) is 23.0 Å². The molecule has 0 spiro atoms. The normalized spacial score (nSPS) is 14.9. The molecule has 3 rings (SSSR count). The van der Waals surface area contributed by atoms with E-state index >= 15 is 0 Å². The summed E-state index contributed by atoms with van der Waals surface area (Å²) in [6.07, 6.45) is -0.174. The van der Waals surface area contributed by atoms with Crippen molar-refractivity contribution in [3.05, 3.63) is 52.5 Å². The molecule has 1 saturated heterocycles. The van der Waals surface area contributed by atoms with Crippen LogP contribution in [-0.4, -0.2) is 73.0 Å². The number of carbonyl (C=O) groups excluding carboxylic acids is 2. The topological polar surface area (TPSA) is 97.6 Å². The molecule has 1 fully saturated rings. The van der Waals surface area contributed by atoms with E-state index < -0.39 is 17.3 Å². The Morgan fingerprint density at radius 1 is 0.976 bits per heavy atom. The quantitative estimate of drug-likeness (QED) is 0.367. The van der Waals surface area contributed by atoms with E-state index in [-0.39, 0.29) is 12.1 Å². The number of amides is 2. The lowest BCUT2D eigenvalue weighted by molar-refractivity contribution is 0.0174. The summed E-state index contributed by atoms with van der Waals surface area (Å²) in [6.45, 7) is 16.2. The lowest BCUT2D eigenvalue weighted by Gasteiger charge is -2.37. The molecule has 0 bridgehead atoms. The van der Waals surface area contributed by atoms with E-state index in [0.29, 0.717) is 55.6 Å². The van der Waals surface area contributed by atoms with Gasteiger partial charge in [-0.25, -0.2) is 9.59 Å². The van der Waals surface area contributed by atoms with Crippen LogP contribution in [0.3, 0.4) is 0 Å². The Morgan fingerprint density at radius 2 is 1.56 bits per heavy atom. The summed E-state index contributed by atoms with van der Waals surface area (Å²) in [6, 6.07) is 11.4. The second-order valence-electron chi connectivity index (χ2n) is 12.3. The monoisotopic (exact) mass is 588 g/mol. The third-order valence-corrected chi connectivity index (χ3v) is 7.14. The molecule has 2 aromatic rings. The molecule has 2 amide bonds. The molecule has 0 aromatic heterocycles. The smallest absolute Gasteiger partial charge is 0.410 e. The highest BCUT2D eigenvalue weighted by atomic mass is 35.5. The van der Waals surface area contributed by atoms with Crippen molar-refractivity contribution in [1.82, 2.24) is 9.80 Å². The van der Waals surface area contributed by atoms with E-state index in [0.717, 1.165) is 16.8 Å². The zero-order valence-corrected chi connectivity index (χ0v) is 26.4. The van der Waals surface area contributed by atoms with Gasteiger partial charge in [0.05, 0.1) is 18.8 Å². The Hall–Kier alpha value is -3.33. The highest BCUT2D eigenvalue weighted by molar-refractivity contribution is 6.31. The minimum Gasteiger partial charge on any atom is -0.495 e. The van der Waals surface area contributed by atoms with Crippen LogP contribution in [0.25, 0.3) is 0 Å². The number of nitrogens with two attached hydrogens (primary N) is 1. The second-order valence-corrected chi connectivity index (χ2v) is 12.7. The summed E-state index contributed by atoms with van der Waals surface area (Å²) in [5, 5.41) is 0.524. The van der Waals surface area contributed by atoms with Crippen molar-refractivity contribution in [1.29, 1.82) is 0 Å². The Labute approximate surface area is 249 Å². The Balaban J connectivity index is 1.72. The summed E-state index contributed by atoms with van der Waals surface area (Å²) in [7, 11) is 1.56. The molecule has 41 heavy (non-hydrogen) atoms. The number of halogens is 1. The maximum Gasteiger partial charge on any atom is 0.410 e. The van der Waals surface area contributed by atoms with Gasteiger partial charge in [-0.1, -0.05) is 23.7 Å². The number of piperazine rings is 1. The highest BCUT2D eigenvalue weighted by Crippen LogP contribution is 2.31. The molecule has 1 heterocycles. The van der Waals surface area contributed by atoms with Gasteiger partial charge in [0, 0.05) is 43.4 Å². The summed E-state index contributed by atoms with van der Waals surface area (Å²) in [5.41, 5.74) is 8.18. The molecule has 1 aliphatic rings. The van der Waals surface area contributed by atoms with E-state index in [9.17, 15) is 9.59 Å². The van der Waals surface area contributed by atoms with Gasteiger partial charge in [-0.05, 0) is 90.3 Å². The number of anilines is 2. The number of carbonyl (C=O) groups is 2. The predicted octanol–water partition coefficient (Wildman–Crippen LogP) is 6.53. The van der Waals surface area contributed by atoms with Crippen molar-refractivity contribution in [2.75, 3.05) is 50.5 Å². The average Bonchev–Trinajstić information content (AvgIpc) is 2.88. The number of nitrogen functional groups attached to an aromatic ring is 1. The molecule has 1 aliphatic heterocycles.